The minimum Gasteiger partial charge on any atom is 0 e. The third-order valence-electron chi connectivity index (χ3n) is 0. The molecule has 0 aliphatic heterocycles. The van der Waals surface area contributed by atoms with Gasteiger partial charge in [-0.25, -0.2) is 0 Å². The fourth-order valence-corrected chi connectivity index (χ4v) is 0. The molecule has 0 saturated heterocycles. The van der Waals surface area contributed by atoms with E-state index < -0.39 is 0 Å². The van der Waals surface area contributed by atoms with Crippen molar-refractivity contribution >= 4 is 44.0 Å². The van der Waals surface area contributed by atoms with Crippen LogP contribution in [-0.2, 0) is 26.5 Å². The number of aldehydes is 1. The van der Waals surface area contributed by atoms with E-state index in [1.807, 2.05) is 0 Å². The molecule has 0 amide bonds. The molecule has 0 atom stereocenters. The van der Waals surface area contributed by atoms with Crippen molar-refractivity contribution in [3.63, 3.8) is 0 Å². The van der Waals surface area contributed by atoms with Crippen LogP contribution in [0.4, 0.5) is 0 Å². The van der Waals surface area contributed by atoms with Crippen LogP contribution in [0.3, 0.4) is 0 Å². The first-order chi connectivity index (χ1) is 1.41. The van der Waals surface area contributed by atoms with E-state index in [-0.39, 0.29) is 59.5 Å². The zero-order chi connectivity index (χ0) is 2.71. The van der Waals surface area contributed by atoms with Gasteiger partial charge in [0.15, 0.2) is 0 Å². The quantitative estimate of drug-likeness (QED) is 0.316. The number of hydrogen-bond donors (Lipinski definition) is 0. The van der Waals surface area contributed by atoms with Crippen molar-refractivity contribution in [2.75, 3.05) is 0 Å². The maximum absolute atomic E-state index is 8.81. The van der Waals surface area contributed by atoms with Gasteiger partial charge >= 0.3 is 37.7 Å². The predicted molar refractivity (Wildman–Crippen MR) is 20.3 cm³/mol. The number of rotatable bonds is 0. The van der Waals surface area contributed by atoms with E-state index in [4.69, 9.17) is 4.79 Å². The summed E-state index contributed by atoms with van der Waals surface area (Å²) in [5.41, 5.74) is 0. The molecule has 0 saturated carbocycles. The van der Waals surface area contributed by atoms with Crippen LogP contribution in [0.2, 0.25) is 0 Å². The molecule has 0 N–H and O–H groups in total. The molecule has 0 aliphatic rings. The van der Waals surface area contributed by atoms with Crippen LogP contribution in [0.5, 0.6) is 0 Å². The normalized spacial score (nSPS) is 2.60. The summed E-state index contributed by atoms with van der Waals surface area (Å²) in [5.74, 6) is 0. The average Bonchev–Trinajstić information content (AvgIpc) is 0.918. The van der Waals surface area contributed by atoms with Crippen molar-refractivity contribution in [2.24, 2.45) is 0 Å². The molecule has 0 aliphatic carbocycles. The maximum Gasteiger partial charge on any atom is 0 e. The van der Waals surface area contributed by atoms with Gasteiger partial charge in [-0.15, -0.1) is 0 Å². The monoisotopic (exact) mass is 134 g/mol. The van der Waals surface area contributed by atoms with Gasteiger partial charge in [-0.2, -0.15) is 0 Å². The Morgan fingerprint density at radius 3 is 1.60 bits per heavy atom. The van der Waals surface area contributed by atoms with Gasteiger partial charge in [0.05, 0.1) is 0 Å². The van der Waals surface area contributed by atoms with E-state index in [0.717, 1.165) is 6.29 Å². The minimum absolute atomic E-state index is 0. The summed E-state index contributed by atoms with van der Waals surface area (Å²) in [7, 11) is 0. The molecule has 0 radical (unpaired) electrons. The van der Waals surface area contributed by atoms with Gasteiger partial charge in [-0.1, -0.05) is 0 Å². The van der Waals surface area contributed by atoms with Crippen molar-refractivity contribution in [1.29, 1.82) is 0 Å². The van der Waals surface area contributed by atoms with Gasteiger partial charge in [0.1, 0.15) is 6.29 Å². The van der Waals surface area contributed by atoms with E-state index in [9.17, 15) is 0 Å². The second-order valence-electron chi connectivity index (χ2n) is 0.236. The largest absolute Gasteiger partial charge is 0 e. The molecule has 26 valence electrons. The summed E-state index contributed by atoms with van der Waals surface area (Å²) < 4.78 is 0. The van der Waals surface area contributed by atoms with Crippen LogP contribution in [0, 0.1) is 0 Å². The molecule has 0 spiro atoms. The first-order valence-electron chi connectivity index (χ1n) is 0.813. The maximum atomic E-state index is 8.81. The van der Waals surface area contributed by atoms with Gasteiger partial charge in [-0.05, 0) is 6.92 Å². The SMILES string of the molecule is CC=O.[CaH2].[Ti]. The summed E-state index contributed by atoms with van der Waals surface area (Å²) in [6.07, 6.45) is 0.750. The van der Waals surface area contributed by atoms with E-state index in [1.54, 1.807) is 0 Å². The van der Waals surface area contributed by atoms with E-state index in [1.165, 1.54) is 6.92 Å². The molecule has 0 bridgehead atoms. The van der Waals surface area contributed by atoms with Crippen LogP contribution in [-0.4, -0.2) is 44.0 Å². The predicted octanol–water partition coefficient (Wildman–Crippen LogP) is -0.713. The Balaban J connectivity index is -0.0000000200. The number of carbonyl (C=O) groups is 1. The Kier molecular flexibility index (Phi) is 55.5. The Hall–Kier alpha value is 1.64. The molecular weight excluding hydrogens is 128 g/mol. The first kappa shape index (κ1) is 15.9. The van der Waals surface area contributed by atoms with Crippen LogP contribution < -0.4 is 0 Å². The minimum atomic E-state index is 0. The van der Waals surface area contributed by atoms with Crippen molar-refractivity contribution < 1.29 is 26.5 Å². The van der Waals surface area contributed by atoms with Crippen LogP contribution in [0.1, 0.15) is 6.92 Å². The zero-order valence-corrected chi connectivity index (χ0v) is 4.05. The van der Waals surface area contributed by atoms with Crippen LogP contribution in [0.15, 0.2) is 0 Å². The Morgan fingerprint density at radius 2 is 1.60 bits per heavy atom. The molecule has 3 heteroatoms. The fraction of sp³-hybridized carbons (Fsp3) is 0.500. The topological polar surface area (TPSA) is 17.1 Å². The molecule has 0 rings (SSSR count). The summed E-state index contributed by atoms with van der Waals surface area (Å²) >= 11 is 0. The summed E-state index contributed by atoms with van der Waals surface area (Å²) in [4.78, 5) is 8.81. The van der Waals surface area contributed by atoms with Crippen molar-refractivity contribution in [3.05, 3.63) is 0 Å². The van der Waals surface area contributed by atoms with Crippen molar-refractivity contribution in [3.8, 4) is 0 Å². The van der Waals surface area contributed by atoms with Gasteiger partial charge in [0.2, 0.25) is 0 Å². The standard InChI is InChI=1S/C2H4O.Ca.Ti.2H/c1-2-3;;;;/h2H,1H3;;;;. The van der Waals surface area contributed by atoms with Gasteiger partial charge in [0.25, 0.3) is 0 Å². The van der Waals surface area contributed by atoms with Crippen molar-refractivity contribution in [2.45, 2.75) is 6.92 Å². The Bertz CT molecular complexity index is 17.1. The summed E-state index contributed by atoms with van der Waals surface area (Å²) in [6, 6.07) is 0. The van der Waals surface area contributed by atoms with Gasteiger partial charge in [0, 0.05) is 21.7 Å². The molecule has 5 heavy (non-hydrogen) atoms. The van der Waals surface area contributed by atoms with Gasteiger partial charge < -0.3 is 4.79 Å². The molecule has 0 aromatic heterocycles. The molecular formula is C2H6CaOTi. The fourth-order valence-electron chi connectivity index (χ4n) is 0. The van der Waals surface area contributed by atoms with Crippen LogP contribution >= 0.6 is 0 Å². The van der Waals surface area contributed by atoms with E-state index >= 15 is 0 Å². The smallest absolute Gasteiger partial charge is 0 e. The molecule has 0 aromatic carbocycles. The molecule has 0 unspecified atom stereocenters. The second-order valence-corrected chi connectivity index (χ2v) is 0.236. The first-order valence-corrected chi connectivity index (χ1v) is 0.813. The molecule has 0 fully saturated rings. The van der Waals surface area contributed by atoms with E-state index in [2.05, 4.69) is 0 Å². The third-order valence-corrected chi connectivity index (χ3v) is 0. The molecule has 0 aromatic rings. The molecule has 1 nitrogen and oxygen atoms in total. The average molecular weight is 134 g/mol. The Labute approximate surface area is 76.4 Å². The zero-order valence-electron chi connectivity index (χ0n) is 2.49. The summed E-state index contributed by atoms with van der Waals surface area (Å²) in [6.45, 7) is 1.44. The second kappa shape index (κ2) is 17.4. The van der Waals surface area contributed by atoms with Crippen molar-refractivity contribution in [1.82, 2.24) is 0 Å². The third kappa shape index (κ3) is 27.7. The number of hydrogen-bond acceptors (Lipinski definition) is 1. The van der Waals surface area contributed by atoms with Gasteiger partial charge in [-0.3, -0.25) is 0 Å². The molecule has 0 heterocycles. The Morgan fingerprint density at radius 1 is 1.60 bits per heavy atom. The van der Waals surface area contributed by atoms with Crippen LogP contribution in [0.25, 0.3) is 0 Å². The van der Waals surface area contributed by atoms with E-state index in [0.29, 0.717) is 0 Å². The summed E-state index contributed by atoms with van der Waals surface area (Å²) in [5, 5.41) is 0. The number of carbonyl (C=O) groups excluding carboxylic acids is 1.